The van der Waals surface area contributed by atoms with E-state index in [1.165, 1.54) is 18.4 Å². The van der Waals surface area contributed by atoms with Crippen LogP contribution in [-0.4, -0.2) is 34.6 Å². The molecule has 1 aliphatic heterocycles. The molecule has 1 fully saturated rings. The quantitative estimate of drug-likeness (QED) is 0.816. The van der Waals surface area contributed by atoms with Crippen LogP contribution >= 0.6 is 15.9 Å². The van der Waals surface area contributed by atoms with Crippen LogP contribution in [0.3, 0.4) is 0 Å². The van der Waals surface area contributed by atoms with Gasteiger partial charge < -0.3 is 4.74 Å². The van der Waals surface area contributed by atoms with Crippen molar-refractivity contribution >= 4 is 15.9 Å². The Morgan fingerprint density at radius 1 is 1.32 bits per heavy atom. The largest absolute Gasteiger partial charge is 0.476 e. The second-order valence-electron chi connectivity index (χ2n) is 5.73. The Labute approximate surface area is 139 Å². The minimum absolute atomic E-state index is 0.558. The molecule has 0 bridgehead atoms. The minimum Gasteiger partial charge on any atom is -0.476 e. The number of ether oxygens (including phenoxy) is 1. The van der Waals surface area contributed by atoms with Gasteiger partial charge in [0.15, 0.2) is 0 Å². The first-order chi connectivity index (χ1) is 10.8. The van der Waals surface area contributed by atoms with Crippen LogP contribution in [0, 0.1) is 5.92 Å². The fourth-order valence-corrected chi connectivity index (χ4v) is 3.33. The standard InChI is InChI=1S/C17H20BrN3O/c18-16-5-1-3-14(9-16)11-21-8-2-4-15(12-21)13-22-17-10-19-6-7-20-17/h1,3,5-7,9-10,15H,2,4,8,11-13H2. The third-order valence-corrected chi connectivity index (χ3v) is 4.40. The summed E-state index contributed by atoms with van der Waals surface area (Å²) in [5.74, 6) is 1.18. The number of benzene rings is 1. The second-order valence-corrected chi connectivity index (χ2v) is 6.64. The van der Waals surface area contributed by atoms with Gasteiger partial charge in [-0.25, -0.2) is 4.98 Å². The maximum Gasteiger partial charge on any atom is 0.232 e. The molecule has 0 saturated carbocycles. The zero-order valence-corrected chi connectivity index (χ0v) is 14.1. The third kappa shape index (κ3) is 4.52. The summed E-state index contributed by atoms with van der Waals surface area (Å²) in [5, 5.41) is 0. The van der Waals surface area contributed by atoms with Crippen molar-refractivity contribution in [2.45, 2.75) is 19.4 Å². The van der Waals surface area contributed by atoms with Crippen LogP contribution in [0.1, 0.15) is 18.4 Å². The molecule has 2 heterocycles. The summed E-state index contributed by atoms with van der Waals surface area (Å²) in [4.78, 5) is 10.7. The molecule has 1 atom stereocenters. The van der Waals surface area contributed by atoms with Crippen LogP contribution < -0.4 is 4.74 Å². The number of likely N-dealkylation sites (tertiary alicyclic amines) is 1. The third-order valence-electron chi connectivity index (χ3n) is 3.90. The van der Waals surface area contributed by atoms with Gasteiger partial charge in [0.1, 0.15) is 0 Å². The first-order valence-electron chi connectivity index (χ1n) is 7.65. The molecule has 0 radical (unpaired) electrons. The van der Waals surface area contributed by atoms with Crippen LogP contribution in [0.15, 0.2) is 47.3 Å². The molecule has 1 saturated heterocycles. The van der Waals surface area contributed by atoms with Gasteiger partial charge in [0.05, 0.1) is 12.8 Å². The van der Waals surface area contributed by atoms with Gasteiger partial charge in [-0.1, -0.05) is 28.1 Å². The Kier molecular flexibility index (Phi) is 5.40. The van der Waals surface area contributed by atoms with Gasteiger partial charge in [0.2, 0.25) is 5.88 Å². The lowest BCUT2D eigenvalue weighted by Gasteiger charge is -2.32. The summed E-state index contributed by atoms with van der Waals surface area (Å²) in [6, 6.07) is 8.54. The monoisotopic (exact) mass is 361 g/mol. The predicted molar refractivity (Wildman–Crippen MR) is 89.7 cm³/mol. The number of rotatable bonds is 5. The van der Waals surface area contributed by atoms with Crippen LogP contribution in [0.25, 0.3) is 0 Å². The highest BCUT2D eigenvalue weighted by Crippen LogP contribution is 2.20. The van der Waals surface area contributed by atoms with Gasteiger partial charge in [-0.3, -0.25) is 9.88 Å². The number of aromatic nitrogens is 2. The summed E-state index contributed by atoms with van der Waals surface area (Å²) < 4.78 is 6.90. The van der Waals surface area contributed by atoms with Crippen molar-refractivity contribution in [1.29, 1.82) is 0 Å². The van der Waals surface area contributed by atoms with Gasteiger partial charge in [-0.05, 0) is 37.1 Å². The van der Waals surface area contributed by atoms with Gasteiger partial charge in [-0.2, -0.15) is 0 Å². The first-order valence-corrected chi connectivity index (χ1v) is 8.44. The molecular formula is C17H20BrN3O. The van der Waals surface area contributed by atoms with Crippen LogP contribution in [0.2, 0.25) is 0 Å². The van der Waals surface area contributed by atoms with Crippen LogP contribution in [0.4, 0.5) is 0 Å². The van der Waals surface area contributed by atoms with E-state index in [9.17, 15) is 0 Å². The molecular weight excluding hydrogens is 342 g/mol. The highest BCUT2D eigenvalue weighted by Gasteiger charge is 2.20. The van der Waals surface area contributed by atoms with Gasteiger partial charge in [0.25, 0.3) is 0 Å². The molecule has 1 aliphatic rings. The summed E-state index contributed by atoms with van der Waals surface area (Å²) >= 11 is 3.54. The van der Waals surface area contributed by atoms with Gasteiger partial charge in [0, 0.05) is 35.9 Å². The van der Waals surface area contributed by atoms with Crippen molar-refractivity contribution in [2.75, 3.05) is 19.7 Å². The fraction of sp³-hybridized carbons (Fsp3) is 0.412. The van der Waals surface area contributed by atoms with Crippen molar-refractivity contribution in [1.82, 2.24) is 14.9 Å². The van der Waals surface area contributed by atoms with Crippen LogP contribution in [-0.2, 0) is 6.54 Å². The van der Waals surface area contributed by atoms with Crippen molar-refractivity contribution in [3.8, 4) is 5.88 Å². The Bertz CT molecular complexity index is 593. The number of halogens is 1. The lowest BCUT2D eigenvalue weighted by molar-refractivity contribution is 0.123. The molecule has 0 amide bonds. The molecule has 22 heavy (non-hydrogen) atoms. The first kappa shape index (κ1) is 15.4. The molecule has 4 nitrogen and oxygen atoms in total. The SMILES string of the molecule is Brc1cccc(CN2CCCC(COc3cnccn3)C2)c1. The molecule has 1 unspecified atom stereocenters. The van der Waals surface area contributed by atoms with Crippen molar-refractivity contribution < 1.29 is 4.74 Å². The summed E-state index contributed by atoms with van der Waals surface area (Å²) in [7, 11) is 0. The average molecular weight is 362 g/mol. The fourth-order valence-electron chi connectivity index (χ4n) is 2.89. The Hall–Kier alpha value is -1.46. The molecule has 1 aromatic heterocycles. The predicted octanol–water partition coefficient (Wildman–Crippen LogP) is 3.53. The van der Waals surface area contributed by atoms with E-state index in [0.29, 0.717) is 18.4 Å². The van der Waals surface area contributed by atoms with E-state index in [1.807, 2.05) is 0 Å². The second kappa shape index (κ2) is 7.70. The lowest BCUT2D eigenvalue weighted by Crippen LogP contribution is -2.37. The molecule has 0 aliphatic carbocycles. The van der Waals surface area contributed by atoms with Crippen molar-refractivity contribution in [2.24, 2.45) is 5.92 Å². The summed E-state index contributed by atoms with van der Waals surface area (Å²) in [6.07, 6.45) is 7.43. The van der Waals surface area contributed by atoms with E-state index >= 15 is 0 Å². The Balaban J connectivity index is 1.51. The summed E-state index contributed by atoms with van der Waals surface area (Å²) in [6.45, 7) is 3.95. The number of piperidine rings is 1. The zero-order chi connectivity index (χ0) is 15.2. The molecule has 0 N–H and O–H groups in total. The molecule has 3 rings (SSSR count). The highest BCUT2D eigenvalue weighted by atomic mass is 79.9. The zero-order valence-electron chi connectivity index (χ0n) is 12.5. The Morgan fingerprint density at radius 2 is 2.27 bits per heavy atom. The normalized spacial score (nSPS) is 19.0. The molecule has 1 aromatic carbocycles. The molecule has 116 valence electrons. The minimum atomic E-state index is 0.558. The molecule has 5 heteroatoms. The van der Waals surface area contributed by atoms with E-state index < -0.39 is 0 Å². The maximum atomic E-state index is 5.76. The van der Waals surface area contributed by atoms with Crippen LogP contribution in [0.5, 0.6) is 5.88 Å². The van der Waals surface area contributed by atoms with Crippen molar-refractivity contribution in [3.63, 3.8) is 0 Å². The smallest absolute Gasteiger partial charge is 0.232 e. The van der Waals surface area contributed by atoms with E-state index in [0.717, 1.165) is 24.1 Å². The van der Waals surface area contributed by atoms with E-state index in [1.54, 1.807) is 18.6 Å². The van der Waals surface area contributed by atoms with Gasteiger partial charge >= 0.3 is 0 Å². The number of hydrogen-bond donors (Lipinski definition) is 0. The molecule has 2 aromatic rings. The van der Waals surface area contributed by atoms with E-state index in [2.05, 4.69) is 55.1 Å². The van der Waals surface area contributed by atoms with E-state index in [-0.39, 0.29) is 0 Å². The van der Waals surface area contributed by atoms with Gasteiger partial charge in [-0.15, -0.1) is 0 Å². The molecule has 0 spiro atoms. The number of nitrogens with zero attached hydrogens (tertiary/aromatic N) is 3. The average Bonchev–Trinajstić information content (AvgIpc) is 2.54. The summed E-state index contributed by atoms with van der Waals surface area (Å²) in [5.41, 5.74) is 1.35. The van der Waals surface area contributed by atoms with E-state index in [4.69, 9.17) is 4.74 Å². The van der Waals surface area contributed by atoms with Crippen molar-refractivity contribution in [3.05, 3.63) is 52.9 Å². The number of hydrogen-bond acceptors (Lipinski definition) is 4. The Morgan fingerprint density at radius 3 is 3.09 bits per heavy atom. The maximum absolute atomic E-state index is 5.76. The lowest BCUT2D eigenvalue weighted by atomic mass is 9.98. The topological polar surface area (TPSA) is 38.2 Å². The highest BCUT2D eigenvalue weighted by molar-refractivity contribution is 9.10.